The Kier molecular flexibility index (Phi) is 3.77. The second kappa shape index (κ2) is 4.52. The lowest BCUT2D eigenvalue weighted by atomic mass is 9.79. The Morgan fingerprint density at radius 1 is 1.33 bits per heavy atom. The highest BCUT2D eigenvalue weighted by atomic mass is 16.2. The molecular weight excluding hydrogens is 188 g/mol. The molecule has 3 unspecified atom stereocenters. The predicted octanol–water partition coefficient (Wildman–Crippen LogP) is 1.66. The number of rotatable bonds is 2. The highest BCUT2D eigenvalue weighted by molar-refractivity contribution is 5.85. The van der Waals surface area contributed by atoms with Gasteiger partial charge in [-0.1, -0.05) is 13.8 Å². The van der Waals surface area contributed by atoms with Gasteiger partial charge >= 0.3 is 0 Å². The summed E-state index contributed by atoms with van der Waals surface area (Å²) in [6.07, 6.45) is 3.50. The minimum atomic E-state index is -0.761. The molecule has 1 rings (SSSR count). The summed E-state index contributed by atoms with van der Waals surface area (Å²) in [6, 6.07) is 0.316. The zero-order chi connectivity index (χ0) is 11.6. The summed E-state index contributed by atoms with van der Waals surface area (Å²) in [5.74, 6) is 1.33. The first-order valence-corrected chi connectivity index (χ1v) is 5.90. The van der Waals surface area contributed by atoms with Crippen molar-refractivity contribution in [2.24, 2.45) is 17.6 Å². The van der Waals surface area contributed by atoms with Crippen LogP contribution in [0.3, 0.4) is 0 Å². The lowest BCUT2D eigenvalue weighted by Gasteiger charge is -2.34. The SMILES string of the molecule is CC1CCC(NC(=O)C(C)(C)N)C(C)C1. The molecule has 15 heavy (non-hydrogen) atoms. The first-order chi connectivity index (χ1) is 6.80. The number of carbonyl (C=O) groups is 1. The monoisotopic (exact) mass is 212 g/mol. The van der Waals surface area contributed by atoms with Crippen molar-refractivity contribution in [2.75, 3.05) is 0 Å². The molecule has 0 radical (unpaired) electrons. The third-order valence-electron chi connectivity index (χ3n) is 3.33. The van der Waals surface area contributed by atoms with E-state index in [1.807, 2.05) is 0 Å². The molecule has 0 aromatic carbocycles. The van der Waals surface area contributed by atoms with Gasteiger partial charge in [-0.15, -0.1) is 0 Å². The van der Waals surface area contributed by atoms with E-state index in [1.165, 1.54) is 12.8 Å². The van der Waals surface area contributed by atoms with Crippen molar-refractivity contribution in [1.29, 1.82) is 0 Å². The molecule has 0 aromatic heterocycles. The number of nitrogens with one attached hydrogen (secondary N) is 1. The first kappa shape index (κ1) is 12.5. The molecule has 1 aliphatic rings. The van der Waals surface area contributed by atoms with Crippen LogP contribution in [-0.2, 0) is 4.79 Å². The zero-order valence-corrected chi connectivity index (χ0v) is 10.3. The van der Waals surface area contributed by atoms with Crippen LogP contribution in [0.2, 0.25) is 0 Å². The number of hydrogen-bond donors (Lipinski definition) is 2. The predicted molar refractivity (Wildman–Crippen MR) is 62.4 cm³/mol. The lowest BCUT2D eigenvalue weighted by Crippen LogP contribution is -2.54. The Bertz CT molecular complexity index is 232. The van der Waals surface area contributed by atoms with E-state index in [0.29, 0.717) is 12.0 Å². The first-order valence-electron chi connectivity index (χ1n) is 5.90. The Hall–Kier alpha value is -0.570. The molecule has 3 heteroatoms. The van der Waals surface area contributed by atoms with Crippen molar-refractivity contribution in [3.8, 4) is 0 Å². The largest absolute Gasteiger partial charge is 0.352 e. The molecule has 3 nitrogen and oxygen atoms in total. The van der Waals surface area contributed by atoms with E-state index in [1.54, 1.807) is 13.8 Å². The van der Waals surface area contributed by atoms with Crippen molar-refractivity contribution in [3.05, 3.63) is 0 Å². The standard InChI is InChI=1S/C12H24N2O/c1-8-5-6-10(9(2)7-8)14-11(15)12(3,4)13/h8-10H,5-7,13H2,1-4H3,(H,14,15). The van der Waals surface area contributed by atoms with Gasteiger partial charge in [0, 0.05) is 6.04 Å². The summed E-state index contributed by atoms with van der Waals surface area (Å²) in [5, 5.41) is 3.07. The molecule has 0 aliphatic heterocycles. The van der Waals surface area contributed by atoms with E-state index in [2.05, 4.69) is 19.2 Å². The quantitative estimate of drug-likeness (QED) is 0.731. The molecule has 88 valence electrons. The third-order valence-corrected chi connectivity index (χ3v) is 3.33. The number of amides is 1. The van der Waals surface area contributed by atoms with E-state index in [4.69, 9.17) is 5.73 Å². The van der Waals surface area contributed by atoms with Crippen LogP contribution in [0.5, 0.6) is 0 Å². The number of hydrogen-bond acceptors (Lipinski definition) is 2. The number of carbonyl (C=O) groups excluding carboxylic acids is 1. The Morgan fingerprint density at radius 3 is 2.40 bits per heavy atom. The summed E-state index contributed by atoms with van der Waals surface area (Å²) in [6.45, 7) is 7.99. The maximum Gasteiger partial charge on any atom is 0.239 e. The number of nitrogens with two attached hydrogens (primary N) is 1. The Labute approximate surface area is 92.8 Å². The summed E-state index contributed by atoms with van der Waals surface area (Å²) in [4.78, 5) is 11.7. The van der Waals surface area contributed by atoms with Gasteiger partial charge in [0.2, 0.25) is 5.91 Å². The molecule has 1 amide bonds. The average molecular weight is 212 g/mol. The smallest absolute Gasteiger partial charge is 0.239 e. The second-order valence-electron chi connectivity index (χ2n) is 5.70. The molecular formula is C12H24N2O. The van der Waals surface area contributed by atoms with Crippen LogP contribution in [-0.4, -0.2) is 17.5 Å². The van der Waals surface area contributed by atoms with Crippen LogP contribution in [0.1, 0.15) is 47.0 Å². The lowest BCUT2D eigenvalue weighted by molar-refractivity contribution is -0.126. The van der Waals surface area contributed by atoms with Crippen LogP contribution in [0.15, 0.2) is 0 Å². The van der Waals surface area contributed by atoms with Gasteiger partial charge in [-0.05, 0) is 44.9 Å². The minimum Gasteiger partial charge on any atom is -0.352 e. The van der Waals surface area contributed by atoms with E-state index >= 15 is 0 Å². The summed E-state index contributed by atoms with van der Waals surface area (Å²) < 4.78 is 0. The highest BCUT2D eigenvalue weighted by Gasteiger charge is 2.30. The maximum absolute atomic E-state index is 11.7. The second-order valence-corrected chi connectivity index (χ2v) is 5.70. The van der Waals surface area contributed by atoms with Crippen LogP contribution in [0.4, 0.5) is 0 Å². The van der Waals surface area contributed by atoms with Crippen LogP contribution < -0.4 is 11.1 Å². The molecule has 1 fully saturated rings. The fraction of sp³-hybridized carbons (Fsp3) is 0.917. The fourth-order valence-electron chi connectivity index (χ4n) is 2.23. The van der Waals surface area contributed by atoms with Gasteiger partial charge in [0.25, 0.3) is 0 Å². The molecule has 3 N–H and O–H groups in total. The van der Waals surface area contributed by atoms with Crippen molar-refractivity contribution in [2.45, 2.75) is 58.5 Å². The summed E-state index contributed by atoms with van der Waals surface area (Å²) >= 11 is 0. The van der Waals surface area contributed by atoms with Crippen LogP contribution in [0, 0.1) is 11.8 Å². The van der Waals surface area contributed by atoms with Crippen molar-refractivity contribution < 1.29 is 4.79 Å². The van der Waals surface area contributed by atoms with Gasteiger partial charge in [0.05, 0.1) is 5.54 Å². The zero-order valence-electron chi connectivity index (χ0n) is 10.3. The topological polar surface area (TPSA) is 55.1 Å². The summed E-state index contributed by atoms with van der Waals surface area (Å²) in [7, 11) is 0. The molecule has 1 aliphatic carbocycles. The molecule has 0 saturated heterocycles. The summed E-state index contributed by atoms with van der Waals surface area (Å²) in [5.41, 5.74) is 5.00. The highest BCUT2D eigenvalue weighted by Crippen LogP contribution is 2.28. The van der Waals surface area contributed by atoms with E-state index in [9.17, 15) is 4.79 Å². The fourth-order valence-corrected chi connectivity index (χ4v) is 2.23. The molecule has 0 aromatic rings. The molecule has 3 atom stereocenters. The van der Waals surface area contributed by atoms with Crippen LogP contribution >= 0.6 is 0 Å². The van der Waals surface area contributed by atoms with Crippen molar-refractivity contribution >= 4 is 5.91 Å². The van der Waals surface area contributed by atoms with Crippen LogP contribution in [0.25, 0.3) is 0 Å². The van der Waals surface area contributed by atoms with Gasteiger partial charge in [-0.3, -0.25) is 4.79 Å². The molecule has 1 saturated carbocycles. The molecule has 0 spiro atoms. The third kappa shape index (κ3) is 3.49. The van der Waals surface area contributed by atoms with Gasteiger partial charge in [-0.2, -0.15) is 0 Å². The molecule has 0 bridgehead atoms. The van der Waals surface area contributed by atoms with E-state index in [-0.39, 0.29) is 5.91 Å². The maximum atomic E-state index is 11.7. The van der Waals surface area contributed by atoms with Crippen molar-refractivity contribution in [3.63, 3.8) is 0 Å². The minimum absolute atomic E-state index is 0.0334. The molecule has 0 heterocycles. The average Bonchev–Trinajstić information content (AvgIpc) is 2.08. The normalized spacial score (nSPS) is 32.5. The Balaban J connectivity index is 2.49. The van der Waals surface area contributed by atoms with Gasteiger partial charge in [-0.25, -0.2) is 0 Å². The van der Waals surface area contributed by atoms with Gasteiger partial charge in [0.1, 0.15) is 0 Å². The van der Waals surface area contributed by atoms with E-state index < -0.39 is 5.54 Å². The Morgan fingerprint density at radius 2 is 1.93 bits per heavy atom. The van der Waals surface area contributed by atoms with Gasteiger partial charge < -0.3 is 11.1 Å². The van der Waals surface area contributed by atoms with E-state index in [0.717, 1.165) is 12.3 Å². The van der Waals surface area contributed by atoms with Gasteiger partial charge in [0.15, 0.2) is 0 Å². The van der Waals surface area contributed by atoms with Crippen molar-refractivity contribution in [1.82, 2.24) is 5.32 Å².